The molecule has 0 aliphatic heterocycles. The summed E-state index contributed by atoms with van der Waals surface area (Å²) in [7, 11) is 1.93. The average molecular weight is 230 g/mol. The Balaban J connectivity index is 2.02. The summed E-state index contributed by atoms with van der Waals surface area (Å²) in [5.41, 5.74) is 3.47. The molecule has 2 aromatic rings. The Morgan fingerprint density at radius 2 is 2.24 bits per heavy atom. The molecule has 1 aliphatic carbocycles. The molecule has 0 radical (unpaired) electrons. The zero-order chi connectivity index (χ0) is 12.0. The molecule has 2 aromatic heterocycles. The summed E-state index contributed by atoms with van der Waals surface area (Å²) in [6.07, 6.45) is 4.29. The fourth-order valence-corrected chi connectivity index (χ4v) is 2.80. The Morgan fingerprint density at radius 3 is 2.94 bits per heavy atom. The van der Waals surface area contributed by atoms with Gasteiger partial charge in [-0.3, -0.25) is 4.68 Å². The van der Waals surface area contributed by atoms with Crippen LogP contribution in [0.2, 0.25) is 0 Å². The summed E-state index contributed by atoms with van der Waals surface area (Å²) in [6, 6.07) is 2.00. The zero-order valence-corrected chi connectivity index (χ0v) is 10.6. The van der Waals surface area contributed by atoms with Crippen LogP contribution in [0.1, 0.15) is 37.6 Å². The van der Waals surface area contributed by atoms with Crippen molar-refractivity contribution in [1.82, 2.24) is 19.7 Å². The molecular weight excluding hydrogens is 212 g/mol. The van der Waals surface area contributed by atoms with Gasteiger partial charge in [-0.1, -0.05) is 13.8 Å². The van der Waals surface area contributed by atoms with Gasteiger partial charge in [0.2, 0.25) is 0 Å². The molecule has 0 amide bonds. The third kappa shape index (κ3) is 1.77. The Labute approximate surface area is 101 Å². The van der Waals surface area contributed by atoms with Gasteiger partial charge in [0.05, 0.1) is 5.69 Å². The first-order valence-electron chi connectivity index (χ1n) is 6.22. The van der Waals surface area contributed by atoms with Crippen molar-refractivity contribution in [2.45, 2.75) is 32.6 Å². The standard InChI is InChI=1S/C13H18N4/c1-8-6-9(2)12-11(7-8)14-13(15-12)10-4-5-17(3)16-10/h4-5,8-9H,6-7H2,1-3H3,(H,14,15). The van der Waals surface area contributed by atoms with Crippen molar-refractivity contribution < 1.29 is 0 Å². The summed E-state index contributed by atoms with van der Waals surface area (Å²) in [5.74, 6) is 2.22. The lowest BCUT2D eigenvalue weighted by Crippen LogP contribution is -2.14. The summed E-state index contributed by atoms with van der Waals surface area (Å²) in [6.45, 7) is 4.57. The SMILES string of the molecule is CC1Cc2[nH]c(-c3ccn(C)n3)nc2C(C)C1. The van der Waals surface area contributed by atoms with Gasteiger partial charge in [0, 0.05) is 24.9 Å². The van der Waals surface area contributed by atoms with Crippen LogP contribution in [-0.4, -0.2) is 19.7 Å². The van der Waals surface area contributed by atoms with E-state index in [2.05, 4.69) is 23.9 Å². The van der Waals surface area contributed by atoms with E-state index in [1.807, 2.05) is 24.0 Å². The molecule has 2 atom stereocenters. The van der Waals surface area contributed by atoms with Gasteiger partial charge in [0.1, 0.15) is 5.69 Å². The molecule has 0 fully saturated rings. The highest BCUT2D eigenvalue weighted by molar-refractivity contribution is 5.50. The second-order valence-corrected chi connectivity index (χ2v) is 5.27. The number of imidazole rings is 1. The van der Waals surface area contributed by atoms with Crippen molar-refractivity contribution in [1.29, 1.82) is 0 Å². The first kappa shape index (κ1) is 10.6. The van der Waals surface area contributed by atoms with E-state index >= 15 is 0 Å². The van der Waals surface area contributed by atoms with Crippen molar-refractivity contribution in [2.24, 2.45) is 13.0 Å². The van der Waals surface area contributed by atoms with Crippen LogP contribution in [-0.2, 0) is 13.5 Å². The molecule has 0 spiro atoms. The maximum Gasteiger partial charge on any atom is 0.158 e. The third-order valence-corrected chi connectivity index (χ3v) is 3.54. The molecule has 0 saturated heterocycles. The number of nitrogens with one attached hydrogen (secondary N) is 1. The van der Waals surface area contributed by atoms with E-state index in [0.29, 0.717) is 5.92 Å². The predicted octanol–water partition coefficient (Wildman–Crippen LogP) is 2.50. The summed E-state index contributed by atoms with van der Waals surface area (Å²) < 4.78 is 1.81. The second-order valence-electron chi connectivity index (χ2n) is 5.27. The molecule has 2 unspecified atom stereocenters. The lowest BCUT2D eigenvalue weighted by atomic mass is 9.84. The lowest BCUT2D eigenvalue weighted by molar-refractivity contribution is 0.440. The number of aromatic nitrogens is 4. The Hall–Kier alpha value is -1.58. The van der Waals surface area contributed by atoms with Crippen LogP contribution < -0.4 is 0 Å². The van der Waals surface area contributed by atoms with Crippen molar-refractivity contribution in [3.8, 4) is 11.5 Å². The normalized spacial score (nSPS) is 23.7. The van der Waals surface area contributed by atoms with Crippen molar-refractivity contribution in [3.05, 3.63) is 23.7 Å². The van der Waals surface area contributed by atoms with Gasteiger partial charge in [-0.05, 0) is 24.8 Å². The maximum atomic E-state index is 4.72. The number of aryl methyl sites for hydroxylation is 1. The number of nitrogens with zero attached hydrogens (tertiary/aromatic N) is 3. The highest BCUT2D eigenvalue weighted by Gasteiger charge is 2.25. The van der Waals surface area contributed by atoms with E-state index in [-0.39, 0.29) is 0 Å². The molecule has 90 valence electrons. The first-order valence-corrected chi connectivity index (χ1v) is 6.22. The van der Waals surface area contributed by atoms with Crippen LogP contribution in [0.25, 0.3) is 11.5 Å². The summed E-state index contributed by atoms with van der Waals surface area (Å²) in [4.78, 5) is 8.16. The van der Waals surface area contributed by atoms with E-state index in [4.69, 9.17) is 4.98 Å². The Bertz CT molecular complexity index is 537. The molecule has 0 bridgehead atoms. The van der Waals surface area contributed by atoms with Crippen LogP contribution in [0.15, 0.2) is 12.3 Å². The number of rotatable bonds is 1. The number of fused-ring (bicyclic) bond motifs is 1. The predicted molar refractivity (Wildman–Crippen MR) is 66.7 cm³/mol. The molecule has 1 aliphatic rings. The number of H-pyrrole nitrogens is 1. The summed E-state index contributed by atoms with van der Waals surface area (Å²) in [5, 5.41) is 4.39. The highest BCUT2D eigenvalue weighted by Crippen LogP contribution is 2.34. The number of hydrogen-bond donors (Lipinski definition) is 1. The van der Waals surface area contributed by atoms with Crippen molar-refractivity contribution >= 4 is 0 Å². The van der Waals surface area contributed by atoms with E-state index in [9.17, 15) is 0 Å². The van der Waals surface area contributed by atoms with Gasteiger partial charge in [-0.2, -0.15) is 5.10 Å². The Morgan fingerprint density at radius 1 is 1.41 bits per heavy atom. The van der Waals surface area contributed by atoms with E-state index in [0.717, 1.165) is 23.9 Å². The van der Waals surface area contributed by atoms with Gasteiger partial charge in [-0.25, -0.2) is 4.98 Å². The molecule has 17 heavy (non-hydrogen) atoms. The smallest absolute Gasteiger partial charge is 0.158 e. The molecule has 2 heterocycles. The minimum atomic E-state index is 0.558. The first-order chi connectivity index (χ1) is 8.13. The minimum Gasteiger partial charge on any atom is -0.340 e. The van der Waals surface area contributed by atoms with E-state index in [1.165, 1.54) is 17.8 Å². The molecule has 4 nitrogen and oxygen atoms in total. The zero-order valence-electron chi connectivity index (χ0n) is 10.6. The van der Waals surface area contributed by atoms with Gasteiger partial charge < -0.3 is 4.98 Å². The van der Waals surface area contributed by atoms with Crippen LogP contribution >= 0.6 is 0 Å². The second kappa shape index (κ2) is 3.72. The molecule has 0 saturated carbocycles. The molecule has 0 aromatic carbocycles. The monoisotopic (exact) mass is 230 g/mol. The van der Waals surface area contributed by atoms with Gasteiger partial charge >= 0.3 is 0 Å². The Kier molecular flexibility index (Phi) is 2.31. The van der Waals surface area contributed by atoms with E-state index < -0.39 is 0 Å². The van der Waals surface area contributed by atoms with Gasteiger partial charge in [0.15, 0.2) is 5.82 Å². The number of hydrogen-bond acceptors (Lipinski definition) is 2. The highest BCUT2D eigenvalue weighted by atomic mass is 15.3. The van der Waals surface area contributed by atoms with Crippen LogP contribution in [0.3, 0.4) is 0 Å². The van der Waals surface area contributed by atoms with Gasteiger partial charge in [0.25, 0.3) is 0 Å². The average Bonchev–Trinajstić information content (AvgIpc) is 2.83. The number of aromatic amines is 1. The summed E-state index contributed by atoms with van der Waals surface area (Å²) >= 11 is 0. The lowest BCUT2D eigenvalue weighted by Gasteiger charge is -2.22. The fourth-order valence-electron chi connectivity index (χ4n) is 2.80. The van der Waals surface area contributed by atoms with Crippen molar-refractivity contribution in [3.63, 3.8) is 0 Å². The topological polar surface area (TPSA) is 46.5 Å². The van der Waals surface area contributed by atoms with E-state index in [1.54, 1.807) is 0 Å². The molecular formula is C13H18N4. The quantitative estimate of drug-likeness (QED) is 0.818. The van der Waals surface area contributed by atoms with Crippen LogP contribution in [0.5, 0.6) is 0 Å². The minimum absolute atomic E-state index is 0.558. The third-order valence-electron chi connectivity index (χ3n) is 3.54. The van der Waals surface area contributed by atoms with Crippen LogP contribution in [0, 0.1) is 5.92 Å². The molecule has 4 heteroatoms. The van der Waals surface area contributed by atoms with Crippen molar-refractivity contribution in [2.75, 3.05) is 0 Å². The molecule has 1 N–H and O–H groups in total. The van der Waals surface area contributed by atoms with Gasteiger partial charge in [-0.15, -0.1) is 0 Å². The fraction of sp³-hybridized carbons (Fsp3) is 0.538. The van der Waals surface area contributed by atoms with Crippen LogP contribution in [0.4, 0.5) is 0 Å². The largest absolute Gasteiger partial charge is 0.340 e. The molecule has 3 rings (SSSR count). The maximum absolute atomic E-state index is 4.72.